The number of nitrogens with zero attached hydrogens (tertiary/aromatic N) is 1. The highest BCUT2D eigenvalue weighted by atomic mass is 35.5. The molecule has 0 N–H and O–H groups in total. The van der Waals surface area contributed by atoms with Crippen LogP contribution in [0.4, 0.5) is 8.78 Å². The Morgan fingerprint density at radius 1 is 1.11 bits per heavy atom. The number of hydrogen-bond acceptors (Lipinski definition) is 2. The summed E-state index contributed by atoms with van der Waals surface area (Å²) in [5.74, 6) is 0.105. The number of hydrogen-bond donors (Lipinski definition) is 0. The molecule has 0 spiro atoms. The Morgan fingerprint density at radius 3 is 2.53 bits per heavy atom. The molecular formula is C14H12ClF2NO. The number of halogens is 3. The molecule has 0 aliphatic rings. The Balaban J connectivity index is 2.16. The predicted octanol–water partition coefficient (Wildman–Crippen LogP) is 4.21. The third-order valence-electron chi connectivity index (χ3n) is 2.59. The molecule has 100 valence electrons. The van der Waals surface area contributed by atoms with Crippen molar-refractivity contribution in [3.63, 3.8) is 0 Å². The lowest BCUT2D eigenvalue weighted by molar-refractivity contribution is -0.0504. The van der Waals surface area contributed by atoms with Crippen LogP contribution in [0, 0.1) is 0 Å². The van der Waals surface area contributed by atoms with Crippen molar-refractivity contribution in [3.8, 4) is 5.75 Å². The number of pyridine rings is 1. The van der Waals surface area contributed by atoms with E-state index in [1.807, 2.05) is 12.1 Å². The van der Waals surface area contributed by atoms with Gasteiger partial charge < -0.3 is 4.74 Å². The van der Waals surface area contributed by atoms with Crippen molar-refractivity contribution < 1.29 is 13.5 Å². The number of rotatable bonds is 5. The summed E-state index contributed by atoms with van der Waals surface area (Å²) in [6.07, 6.45) is 2.12. The fourth-order valence-electron chi connectivity index (χ4n) is 1.76. The lowest BCUT2D eigenvalue weighted by Crippen LogP contribution is -2.06. The molecule has 0 aliphatic carbocycles. The molecule has 0 saturated carbocycles. The van der Waals surface area contributed by atoms with Gasteiger partial charge in [0.15, 0.2) is 0 Å². The van der Waals surface area contributed by atoms with E-state index in [0.29, 0.717) is 12.0 Å². The Bertz CT molecular complexity index is 522. The highest BCUT2D eigenvalue weighted by molar-refractivity contribution is 6.21. The molecule has 0 saturated heterocycles. The van der Waals surface area contributed by atoms with Gasteiger partial charge in [-0.2, -0.15) is 8.78 Å². The normalized spacial score (nSPS) is 12.4. The second kappa shape index (κ2) is 6.48. The maximum Gasteiger partial charge on any atom is 0.387 e. The quantitative estimate of drug-likeness (QED) is 0.767. The molecule has 0 radical (unpaired) electrons. The summed E-state index contributed by atoms with van der Waals surface area (Å²) in [4.78, 5) is 4.16. The third kappa shape index (κ3) is 3.89. The van der Waals surface area contributed by atoms with Crippen LogP contribution in [-0.4, -0.2) is 11.6 Å². The molecule has 0 bridgehead atoms. The fourth-order valence-corrected chi connectivity index (χ4v) is 2.09. The highest BCUT2D eigenvalue weighted by Crippen LogP contribution is 2.32. The van der Waals surface area contributed by atoms with E-state index in [1.54, 1.807) is 30.5 Å². The van der Waals surface area contributed by atoms with Crippen molar-refractivity contribution in [1.82, 2.24) is 4.98 Å². The largest absolute Gasteiger partial charge is 0.434 e. The van der Waals surface area contributed by atoms with E-state index >= 15 is 0 Å². The van der Waals surface area contributed by atoms with Crippen molar-refractivity contribution in [2.45, 2.75) is 18.4 Å². The maximum absolute atomic E-state index is 12.3. The van der Waals surface area contributed by atoms with Gasteiger partial charge >= 0.3 is 6.61 Å². The standard InChI is InChI=1S/C14H12ClF2NO/c15-12(9-10-5-3-4-8-18-10)11-6-1-2-7-13(11)19-14(16)17/h1-8,12,14H,9H2. The second-order valence-corrected chi connectivity index (χ2v) is 4.44. The predicted molar refractivity (Wildman–Crippen MR) is 69.6 cm³/mol. The average Bonchev–Trinajstić information content (AvgIpc) is 2.39. The van der Waals surface area contributed by atoms with Crippen LogP contribution < -0.4 is 4.74 Å². The monoisotopic (exact) mass is 283 g/mol. The van der Waals surface area contributed by atoms with Gasteiger partial charge in [-0.15, -0.1) is 11.6 Å². The van der Waals surface area contributed by atoms with E-state index in [9.17, 15) is 8.78 Å². The molecule has 1 aromatic heterocycles. The summed E-state index contributed by atoms with van der Waals surface area (Å²) in [7, 11) is 0. The van der Waals surface area contributed by atoms with E-state index in [1.165, 1.54) is 6.07 Å². The van der Waals surface area contributed by atoms with Crippen molar-refractivity contribution in [3.05, 3.63) is 59.9 Å². The van der Waals surface area contributed by atoms with Gasteiger partial charge in [-0.25, -0.2) is 0 Å². The summed E-state index contributed by atoms with van der Waals surface area (Å²) in [6.45, 7) is -2.86. The van der Waals surface area contributed by atoms with Crippen LogP contribution in [0.1, 0.15) is 16.6 Å². The maximum atomic E-state index is 12.3. The van der Waals surface area contributed by atoms with Gasteiger partial charge in [-0.1, -0.05) is 24.3 Å². The zero-order valence-electron chi connectivity index (χ0n) is 9.97. The Kier molecular flexibility index (Phi) is 4.68. The smallest absolute Gasteiger partial charge is 0.387 e. The molecule has 1 unspecified atom stereocenters. The van der Waals surface area contributed by atoms with Gasteiger partial charge in [0.25, 0.3) is 0 Å². The first-order chi connectivity index (χ1) is 9.16. The van der Waals surface area contributed by atoms with Gasteiger partial charge in [0.1, 0.15) is 5.75 Å². The number of ether oxygens (including phenoxy) is 1. The molecule has 5 heteroatoms. The molecular weight excluding hydrogens is 272 g/mol. The van der Waals surface area contributed by atoms with E-state index in [-0.39, 0.29) is 5.75 Å². The lowest BCUT2D eigenvalue weighted by atomic mass is 10.1. The first kappa shape index (κ1) is 13.7. The third-order valence-corrected chi connectivity index (χ3v) is 2.98. The van der Waals surface area contributed by atoms with Crippen LogP contribution in [0.25, 0.3) is 0 Å². The summed E-state index contributed by atoms with van der Waals surface area (Å²) >= 11 is 6.26. The zero-order chi connectivity index (χ0) is 13.7. The van der Waals surface area contributed by atoms with Crippen molar-refractivity contribution in [2.24, 2.45) is 0 Å². The van der Waals surface area contributed by atoms with Gasteiger partial charge in [0.2, 0.25) is 0 Å². The van der Waals surface area contributed by atoms with Gasteiger partial charge in [0.05, 0.1) is 5.38 Å². The Morgan fingerprint density at radius 2 is 1.84 bits per heavy atom. The van der Waals surface area contributed by atoms with Crippen molar-refractivity contribution in [1.29, 1.82) is 0 Å². The molecule has 2 rings (SSSR count). The minimum absolute atomic E-state index is 0.105. The van der Waals surface area contributed by atoms with E-state index in [0.717, 1.165) is 5.69 Å². The zero-order valence-corrected chi connectivity index (χ0v) is 10.7. The second-order valence-electron chi connectivity index (χ2n) is 3.91. The average molecular weight is 284 g/mol. The Labute approximate surface area is 115 Å². The first-order valence-corrected chi connectivity index (χ1v) is 6.18. The highest BCUT2D eigenvalue weighted by Gasteiger charge is 2.16. The molecule has 0 aliphatic heterocycles. The lowest BCUT2D eigenvalue weighted by Gasteiger charge is -2.14. The summed E-state index contributed by atoms with van der Waals surface area (Å²) in [5.41, 5.74) is 1.34. The topological polar surface area (TPSA) is 22.1 Å². The van der Waals surface area contributed by atoms with Crippen molar-refractivity contribution in [2.75, 3.05) is 0 Å². The van der Waals surface area contributed by atoms with Crippen LogP contribution >= 0.6 is 11.6 Å². The molecule has 1 heterocycles. The molecule has 1 aromatic carbocycles. The molecule has 2 aromatic rings. The van der Waals surface area contributed by atoms with Gasteiger partial charge in [-0.05, 0) is 18.2 Å². The minimum atomic E-state index is -2.86. The first-order valence-electron chi connectivity index (χ1n) is 5.74. The number of aromatic nitrogens is 1. The minimum Gasteiger partial charge on any atom is -0.434 e. The summed E-state index contributed by atoms with van der Waals surface area (Å²) < 4.78 is 29.1. The van der Waals surface area contributed by atoms with Gasteiger partial charge in [-0.3, -0.25) is 4.98 Å². The molecule has 0 amide bonds. The number of alkyl halides is 3. The van der Waals surface area contributed by atoms with Crippen LogP contribution in [-0.2, 0) is 6.42 Å². The molecule has 1 atom stereocenters. The Hall–Kier alpha value is -1.68. The van der Waals surface area contributed by atoms with E-state index in [4.69, 9.17) is 11.6 Å². The van der Waals surface area contributed by atoms with Crippen LogP contribution in [0.5, 0.6) is 5.75 Å². The SMILES string of the molecule is FC(F)Oc1ccccc1C(Cl)Cc1ccccn1. The van der Waals surface area contributed by atoms with Gasteiger partial charge in [0, 0.05) is 23.9 Å². The number of para-hydroxylation sites is 1. The molecule has 2 nitrogen and oxygen atoms in total. The van der Waals surface area contributed by atoms with E-state index in [2.05, 4.69) is 9.72 Å². The van der Waals surface area contributed by atoms with Crippen LogP contribution in [0.15, 0.2) is 48.7 Å². The van der Waals surface area contributed by atoms with Crippen molar-refractivity contribution >= 4 is 11.6 Å². The summed E-state index contributed by atoms with van der Waals surface area (Å²) in [6, 6.07) is 12.0. The molecule has 0 fully saturated rings. The van der Waals surface area contributed by atoms with Crippen LogP contribution in [0.3, 0.4) is 0 Å². The summed E-state index contributed by atoms with van der Waals surface area (Å²) in [5, 5.41) is -0.468. The van der Waals surface area contributed by atoms with Crippen LogP contribution in [0.2, 0.25) is 0 Å². The number of benzene rings is 1. The van der Waals surface area contributed by atoms with E-state index < -0.39 is 12.0 Å². The fraction of sp³-hybridized carbons (Fsp3) is 0.214. The molecule has 19 heavy (non-hydrogen) atoms.